The summed E-state index contributed by atoms with van der Waals surface area (Å²) < 4.78 is 0. The predicted octanol–water partition coefficient (Wildman–Crippen LogP) is 5.10. The third-order valence-electron chi connectivity index (χ3n) is 6.49. The number of hydrogen-bond acceptors (Lipinski definition) is 1. The lowest BCUT2D eigenvalue weighted by Crippen LogP contribution is -2.35. The van der Waals surface area contributed by atoms with Gasteiger partial charge in [0, 0.05) is 5.41 Å². The van der Waals surface area contributed by atoms with Crippen LogP contribution in [0.3, 0.4) is 0 Å². The van der Waals surface area contributed by atoms with Crippen LogP contribution >= 0.6 is 0 Å². The van der Waals surface area contributed by atoms with Crippen molar-refractivity contribution < 1.29 is 4.79 Å². The number of Topliss-reactive ketones (excluding diaryl/α,β-unsaturated/α-hetero) is 1. The van der Waals surface area contributed by atoms with Crippen LogP contribution in [0.15, 0.2) is 23.8 Å². The first-order valence-corrected chi connectivity index (χ1v) is 8.17. The fraction of sp³-hybridized carbons (Fsp3) is 0.550. The van der Waals surface area contributed by atoms with Gasteiger partial charge >= 0.3 is 0 Å². The predicted molar refractivity (Wildman–Crippen MR) is 88.1 cm³/mol. The van der Waals surface area contributed by atoms with Crippen LogP contribution in [0, 0.1) is 30.6 Å². The lowest BCUT2D eigenvalue weighted by atomic mass is 9.67. The maximum Gasteiger partial charge on any atom is 0.165 e. The van der Waals surface area contributed by atoms with Crippen LogP contribution in [-0.2, 0) is 4.79 Å². The number of allylic oxidation sites excluding steroid dienone is 1. The van der Waals surface area contributed by atoms with Crippen molar-refractivity contribution in [2.75, 3.05) is 0 Å². The molecule has 1 heteroatoms. The summed E-state index contributed by atoms with van der Waals surface area (Å²) in [6.45, 7) is 11.0. The third-order valence-corrected chi connectivity index (χ3v) is 6.49. The van der Waals surface area contributed by atoms with Gasteiger partial charge in [0.2, 0.25) is 0 Å². The van der Waals surface area contributed by atoms with Gasteiger partial charge in [-0.2, -0.15) is 0 Å². The van der Waals surface area contributed by atoms with Crippen molar-refractivity contribution in [1.29, 1.82) is 0 Å². The van der Waals surface area contributed by atoms with E-state index in [4.69, 9.17) is 0 Å². The van der Waals surface area contributed by atoms with Gasteiger partial charge in [0.05, 0.1) is 0 Å². The van der Waals surface area contributed by atoms with E-state index in [9.17, 15) is 4.79 Å². The Morgan fingerprint density at radius 3 is 2.52 bits per heavy atom. The van der Waals surface area contributed by atoms with Gasteiger partial charge in [0.15, 0.2) is 5.78 Å². The van der Waals surface area contributed by atoms with Crippen LogP contribution in [0.4, 0.5) is 0 Å². The van der Waals surface area contributed by atoms with E-state index < -0.39 is 0 Å². The molecular weight excluding hydrogens is 256 g/mol. The summed E-state index contributed by atoms with van der Waals surface area (Å²) in [5.41, 5.74) is 4.87. The number of aryl methyl sites for hydroxylation is 2. The summed E-state index contributed by atoms with van der Waals surface area (Å²) in [6, 6.07) is 6.49. The standard InChI is InChI=1S/C20H26O/c1-6-20-10-9-17(19(20,4)5)16(18(20)21)12-15-8-7-13(2)14(3)11-15/h7-8,11-12,17H,6,9-10H2,1-5H3/b16-12+. The Morgan fingerprint density at radius 1 is 1.24 bits per heavy atom. The number of carbonyl (C=O) groups is 1. The summed E-state index contributed by atoms with van der Waals surface area (Å²) >= 11 is 0. The Bertz CT molecular complexity index is 635. The average molecular weight is 282 g/mol. The molecule has 2 aliphatic rings. The average Bonchev–Trinajstić information content (AvgIpc) is 2.78. The first-order chi connectivity index (χ1) is 9.83. The van der Waals surface area contributed by atoms with Crippen LogP contribution in [0.1, 0.15) is 56.7 Å². The Hall–Kier alpha value is -1.37. The molecule has 0 aromatic heterocycles. The largest absolute Gasteiger partial charge is 0.294 e. The maximum atomic E-state index is 13.0. The molecule has 21 heavy (non-hydrogen) atoms. The van der Waals surface area contributed by atoms with Crippen molar-refractivity contribution in [3.05, 3.63) is 40.5 Å². The Balaban J connectivity index is 2.06. The van der Waals surface area contributed by atoms with Gasteiger partial charge in [-0.1, -0.05) is 39.0 Å². The molecule has 0 N–H and O–H groups in total. The molecule has 1 aromatic carbocycles. The van der Waals surface area contributed by atoms with E-state index in [-0.39, 0.29) is 10.8 Å². The molecule has 2 fully saturated rings. The fourth-order valence-electron chi connectivity index (χ4n) is 4.79. The van der Waals surface area contributed by atoms with Crippen LogP contribution < -0.4 is 0 Å². The van der Waals surface area contributed by atoms with Crippen molar-refractivity contribution in [2.24, 2.45) is 16.7 Å². The minimum atomic E-state index is -0.108. The van der Waals surface area contributed by atoms with Crippen molar-refractivity contribution in [3.63, 3.8) is 0 Å². The summed E-state index contributed by atoms with van der Waals surface area (Å²) in [6.07, 6.45) is 5.38. The van der Waals surface area contributed by atoms with E-state index in [0.29, 0.717) is 11.7 Å². The van der Waals surface area contributed by atoms with Crippen molar-refractivity contribution in [2.45, 2.75) is 53.9 Å². The highest BCUT2D eigenvalue weighted by atomic mass is 16.1. The molecule has 2 saturated carbocycles. The quantitative estimate of drug-likeness (QED) is 0.689. The number of rotatable bonds is 2. The summed E-state index contributed by atoms with van der Waals surface area (Å²) in [5, 5.41) is 0. The molecule has 2 bridgehead atoms. The number of fused-ring (bicyclic) bond motifs is 2. The number of benzene rings is 1. The van der Waals surface area contributed by atoms with E-state index >= 15 is 0 Å². The second kappa shape index (κ2) is 4.56. The third kappa shape index (κ3) is 1.79. The summed E-state index contributed by atoms with van der Waals surface area (Å²) in [4.78, 5) is 13.0. The summed E-state index contributed by atoms with van der Waals surface area (Å²) in [5.74, 6) is 0.857. The minimum absolute atomic E-state index is 0.108. The molecule has 0 radical (unpaired) electrons. The summed E-state index contributed by atoms with van der Waals surface area (Å²) in [7, 11) is 0. The highest BCUT2D eigenvalue weighted by Crippen LogP contribution is 2.67. The van der Waals surface area contributed by atoms with Crippen molar-refractivity contribution in [3.8, 4) is 0 Å². The number of ketones is 1. The zero-order valence-electron chi connectivity index (χ0n) is 13.9. The number of hydrogen-bond donors (Lipinski definition) is 0. The van der Waals surface area contributed by atoms with E-state index in [0.717, 1.165) is 18.4 Å². The monoisotopic (exact) mass is 282 g/mol. The van der Waals surface area contributed by atoms with E-state index in [1.807, 2.05) is 0 Å². The Labute approximate surface area is 128 Å². The van der Waals surface area contributed by atoms with Crippen molar-refractivity contribution in [1.82, 2.24) is 0 Å². The molecule has 112 valence electrons. The molecule has 3 rings (SSSR count). The molecule has 1 aromatic rings. The number of carbonyl (C=O) groups excluding carboxylic acids is 1. The smallest absolute Gasteiger partial charge is 0.165 e. The second-order valence-corrected chi connectivity index (χ2v) is 7.52. The zero-order valence-corrected chi connectivity index (χ0v) is 13.9. The zero-order chi connectivity index (χ0) is 15.4. The molecule has 2 aliphatic carbocycles. The van der Waals surface area contributed by atoms with Crippen LogP contribution in [0.25, 0.3) is 6.08 Å². The molecule has 0 heterocycles. The van der Waals surface area contributed by atoms with Gasteiger partial charge in [-0.05, 0) is 72.8 Å². The molecule has 0 amide bonds. The van der Waals surface area contributed by atoms with Gasteiger partial charge in [-0.3, -0.25) is 4.79 Å². The molecule has 2 unspecified atom stereocenters. The molecule has 0 aliphatic heterocycles. The topological polar surface area (TPSA) is 17.1 Å². The van der Waals surface area contributed by atoms with Crippen LogP contribution in [-0.4, -0.2) is 5.78 Å². The maximum absolute atomic E-state index is 13.0. The molecule has 0 saturated heterocycles. The highest BCUT2D eigenvalue weighted by molar-refractivity contribution is 6.08. The van der Waals surface area contributed by atoms with Crippen LogP contribution in [0.5, 0.6) is 0 Å². The van der Waals surface area contributed by atoms with E-state index in [1.165, 1.54) is 23.1 Å². The first kappa shape index (κ1) is 14.6. The van der Waals surface area contributed by atoms with Crippen LogP contribution in [0.2, 0.25) is 0 Å². The normalized spacial score (nSPS) is 32.1. The van der Waals surface area contributed by atoms with Gasteiger partial charge < -0.3 is 0 Å². The first-order valence-electron chi connectivity index (χ1n) is 8.17. The van der Waals surface area contributed by atoms with Gasteiger partial charge in [-0.15, -0.1) is 0 Å². The molecular formula is C20H26O. The molecule has 0 spiro atoms. The van der Waals surface area contributed by atoms with Gasteiger partial charge in [-0.25, -0.2) is 0 Å². The van der Waals surface area contributed by atoms with E-state index in [1.54, 1.807) is 0 Å². The molecule has 2 atom stereocenters. The van der Waals surface area contributed by atoms with Crippen molar-refractivity contribution >= 4 is 11.9 Å². The Kier molecular flexibility index (Phi) is 3.16. The van der Waals surface area contributed by atoms with Gasteiger partial charge in [0.1, 0.15) is 0 Å². The highest BCUT2D eigenvalue weighted by Gasteiger charge is 2.65. The van der Waals surface area contributed by atoms with E-state index in [2.05, 4.69) is 58.9 Å². The van der Waals surface area contributed by atoms with Gasteiger partial charge in [0.25, 0.3) is 0 Å². The lowest BCUT2D eigenvalue weighted by molar-refractivity contribution is -0.126. The molecule has 1 nitrogen and oxygen atoms in total. The second-order valence-electron chi connectivity index (χ2n) is 7.52. The fourth-order valence-corrected chi connectivity index (χ4v) is 4.79. The lowest BCUT2D eigenvalue weighted by Gasteiger charge is -2.34. The SMILES string of the molecule is CCC12CCC(/C(=C\c3ccc(C)c(C)c3)C1=O)C2(C)C. The minimum Gasteiger partial charge on any atom is -0.294 e. The Morgan fingerprint density at radius 2 is 1.95 bits per heavy atom.